The van der Waals surface area contributed by atoms with Crippen molar-refractivity contribution in [2.45, 2.75) is 17.6 Å². The molecule has 0 aliphatic heterocycles. The summed E-state index contributed by atoms with van der Waals surface area (Å²) in [6.45, 7) is 1.93. The van der Waals surface area contributed by atoms with E-state index in [1.54, 1.807) is 18.3 Å². The summed E-state index contributed by atoms with van der Waals surface area (Å²) in [7, 11) is -1.15. The van der Waals surface area contributed by atoms with Gasteiger partial charge in [0, 0.05) is 16.7 Å². The summed E-state index contributed by atoms with van der Waals surface area (Å²) in [5.74, 6) is 0.321. The molecule has 90 valence electrons. The minimum atomic E-state index is -1.15. The molecule has 1 atom stereocenters. The summed E-state index contributed by atoms with van der Waals surface area (Å²) in [5, 5.41) is 8.95. The van der Waals surface area contributed by atoms with E-state index in [4.69, 9.17) is 5.26 Å². The molecule has 4 heteroatoms. The molecule has 1 heterocycles. The fourth-order valence-corrected chi connectivity index (χ4v) is 3.02. The van der Waals surface area contributed by atoms with E-state index in [1.807, 2.05) is 37.3 Å². The second-order valence-electron chi connectivity index (χ2n) is 3.88. The number of benzene rings is 1. The number of pyridine rings is 1. The lowest BCUT2D eigenvalue weighted by atomic mass is 10.2. The van der Waals surface area contributed by atoms with E-state index in [2.05, 4.69) is 4.98 Å². The van der Waals surface area contributed by atoms with Crippen LogP contribution < -0.4 is 0 Å². The Labute approximate surface area is 109 Å². The van der Waals surface area contributed by atoms with Crippen LogP contribution in [-0.2, 0) is 16.6 Å². The maximum Gasteiger partial charge on any atom is 0.144 e. The lowest BCUT2D eigenvalue weighted by Crippen LogP contribution is -2.01. The fourth-order valence-electron chi connectivity index (χ4n) is 1.69. The van der Waals surface area contributed by atoms with Gasteiger partial charge in [0.1, 0.15) is 11.8 Å². The highest BCUT2D eigenvalue weighted by Gasteiger charge is 2.10. The predicted octanol–water partition coefficient (Wildman–Crippen LogP) is 2.57. The quantitative estimate of drug-likeness (QED) is 0.848. The first-order valence-corrected chi connectivity index (χ1v) is 6.82. The van der Waals surface area contributed by atoms with Crippen LogP contribution in [0.3, 0.4) is 0 Å². The smallest absolute Gasteiger partial charge is 0.144 e. The summed E-state index contributed by atoms with van der Waals surface area (Å²) < 4.78 is 12.3. The Morgan fingerprint density at radius 3 is 2.78 bits per heavy atom. The molecular formula is C14H12N2OS. The Balaban J connectivity index is 2.28. The Bertz CT molecular complexity index is 632. The van der Waals surface area contributed by atoms with Gasteiger partial charge in [0.05, 0.1) is 16.6 Å². The maximum absolute atomic E-state index is 12.3. The van der Waals surface area contributed by atoms with Gasteiger partial charge in [-0.15, -0.1) is 0 Å². The van der Waals surface area contributed by atoms with Gasteiger partial charge in [-0.3, -0.25) is 4.21 Å². The molecule has 0 saturated carbocycles. The zero-order valence-corrected chi connectivity index (χ0v) is 10.8. The Hall–Kier alpha value is -1.99. The van der Waals surface area contributed by atoms with Crippen molar-refractivity contribution >= 4 is 10.8 Å². The molecule has 1 aromatic carbocycles. The first-order valence-electron chi connectivity index (χ1n) is 5.50. The molecule has 1 unspecified atom stereocenters. The van der Waals surface area contributed by atoms with Crippen molar-refractivity contribution < 1.29 is 4.21 Å². The van der Waals surface area contributed by atoms with Crippen LogP contribution in [0.25, 0.3) is 0 Å². The molecule has 0 amide bonds. The van der Waals surface area contributed by atoms with Crippen LogP contribution in [0.1, 0.15) is 16.8 Å². The van der Waals surface area contributed by atoms with Crippen molar-refractivity contribution in [1.82, 2.24) is 4.98 Å². The Morgan fingerprint density at radius 2 is 2.06 bits per heavy atom. The monoisotopic (exact) mass is 256 g/mol. The van der Waals surface area contributed by atoms with E-state index in [-0.39, 0.29) is 0 Å². The third-order valence-electron chi connectivity index (χ3n) is 2.62. The highest BCUT2D eigenvalue weighted by molar-refractivity contribution is 7.84. The lowest BCUT2D eigenvalue weighted by Gasteiger charge is -2.06. The molecule has 0 fully saturated rings. The van der Waals surface area contributed by atoms with Crippen molar-refractivity contribution in [3.63, 3.8) is 0 Å². The number of nitrogens with zero attached hydrogens (tertiary/aromatic N) is 2. The normalized spacial score (nSPS) is 11.8. The number of rotatable bonds is 3. The standard InChI is InChI=1S/C14H12N2OS/c1-11-5-2-3-7-14(11)18(17)10-12-6-4-8-16-13(12)9-15/h2-8H,10H2,1H3. The van der Waals surface area contributed by atoms with Gasteiger partial charge in [0.15, 0.2) is 0 Å². The number of aromatic nitrogens is 1. The van der Waals surface area contributed by atoms with Gasteiger partial charge in [0.25, 0.3) is 0 Å². The SMILES string of the molecule is Cc1ccccc1S(=O)Cc1cccnc1C#N. The van der Waals surface area contributed by atoms with E-state index < -0.39 is 10.8 Å². The number of aryl methyl sites for hydroxylation is 1. The van der Waals surface area contributed by atoms with Gasteiger partial charge in [-0.05, 0) is 24.6 Å². The average Bonchev–Trinajstić information content (AvgIpc) is 2.39. The largest absolute Gasteiger partial charge is 0.254 e. The van der Waals surface area contributed by atoms with Crippen LogP contribution >= 0.6 is 0 Å². The molecule has 0 saturated heterocycles. The molecule has 2 aromatic rings. The molecule has 3 nitrogen and oxygen atoms in total. The van der Waals surface area contributed by atoms with Crippen molar-refractivity contribution in [3.8, 4) is 6.07 Å². The first-order chi connectivity index (χ1) is 8.72. The third-order valence-corrected chi connectivity index (χ3v) is 4.14. The van der Waals surface area contributed by atoms with Crippen molar-refractivity contribution in [1.29, 1.82) is 5.26 Å². The molecule has 0 aliphatic rings. The summed E-state index contributed by atoms with van der Waals surface area (Å²) in [4.78, 5) is 4.78. The zero-order valence-electron chi connectivity index (χ0n) is 9.96. The molecule has 0 radical (unpaired) electrons. The van der Waals surface area contributed by atoms with Crippen LogP contribution in [0.5, 0.6) is 0 Å². The van der Waals surface area contributed by atoms with E-state index in [0.717, 1.165) is 16.0 Å². The Morgan fingerprint density at radius 1 is 1.28 bits per heavy atom. The van der Waals surface area contributed by atoms with Crippen LogP contribution in [0, 0.1) is 18.3 Å². The van der Waals surface area contributed by atoms with Crippen LogP contribution in [-0.4, -0.2) is 9.19 Å². The van der Waals surface area contributed by atoms with Crippen molar-refractivity contribution in [2.75, 3.05) is 0 Å². The van der Waals surface area contributed by atoms with E-state index in [9.17, 15) is 4.21 Å². The van der Waals surface area contributed by atoms with Gasteiger partial charge in [-0.1, -0.05) is 24.3 Å². The van der Waals surface area contributed by atoms with E-state index >= 15 is 0 Å². The summed E-state index contributed by atoms with van der Waals surface area (Å²) in [5.41, 5.74) is 2.07. The average molecular weight is 256 g/mol. The van der Waals surface area contributed by atoms with Gasteiger partial charge in [-0.25, -0.2) is 4.98 Å². The third kappa shape index (κ3) is 2.63. The van der Waals surface area contributed by atoms with Crippen LogP contribution in [0.2, 0.25) is 0 Å². The predicted molar refractivity (Wildman–Crippen MR) is 70.2 cm³/mol. The molecule has 1 aromatic heterocycles. The topological polar surface area (TPSA) is 53.8 Å². The van der Waals surface area contributed by atoms with Gasteiger partial charge < -0.3 is 0 Å². The molecule has 0 N–H and O–H groups in total. The zero-order chi connectivity index (χ0) is 13.0. The van der Waals surface area contributed by atoms with Gasteiger partial charge in [-0.2, -0.15) is 5.26 Å². The maximum atomic E-state index is 12.3. The highest BCUT2D eigenvalue weighted by Crippen LogP contribution is 2.17. The molecule has 0 spiro atoms. The lowest BCUT2D eigenvalue weighted by molar-refractivity contribution is 0.682. The first kappa shape index (κ1) is 12.5. The number of hydrogen-bond donors (Lipinski definition) is 0. The number of nitriles is 1. The van der Waals surface area contributed by atoms with Crippen LogP contribution in [0.15, 0.2) is 47.5 Å². The summed E-state index contributed by atoms with van der Waals surface area (Å²) in [6.07, 6.45) is 1.57. The van der Waals surface area contributed by atoms with Crippen molar-refractivity contribution in [3.05, 3.63) is 59.4 Å². The highest BCUT2D eigenvalue weighted by atomic mass is 32.2. The van der Waals surface area contributed by atoms with Crippen LogP contribution in [0.4, 0.5) is 0 Å². The molecular weight excluding hydrogens is 244 g/mol. The second-order valence-corrected chi connectivity index (χ2v) is 5.30. The van der Waals surface area contributed by atoms with E-state index in [1.165, 1.54) is 0 Å². The summed E-state index contributed by atoms with van der Waals surface area (Å²) in [6, 6.07) is 13.1. The van der Waals surface area contributed by atoms with Gasteiger partial charge >= 0.3 is 0 Å². The summed E-state index contributed by atoms with van der Waals surface area (Å²) >= 11 is 0. The van der Waals surface area contributed by atoms with Gasteiger partial charge in [0.2, 0.25) is 0 Å². The number of hydrogen-bond acceptors (Lipinski definition) is 3. The molecule has 18 heavy (non-hydrogen) atoms. The minimum absolute atomic E-state index is 0.321. The molecule has 0 bridgehead atoms. The molecule has 0 aliphatic carbocycles. The fraction of sp³-hybridized carbons (Fsp3) is 0.143. The minimum Gasteiger partial charge on any atom is -0.254 e. The Kier molecular flexibility index (Phi) is 3.85. The van der Waals surface area contributed by atoms with E-state index in [0.29, 0.717) is 11.4 Å². The molecule has 2 rings (SSSR count). The van der Waals surface area contributed by atoms with Crippen molar-refractivity contribution in [2.24, 2.45) is 0 Å². The second kappa shape index (κ2) is 5.56.